The van der Waals surface area contributed by atoms with Gasteiger partial charge in [0, 0.05) is 0 Å². The Labute approximate surface area is 252 Å². The van der Waals surface area contributed by atoms with Crippen molar-refractivity contribution in [3.63, 3.8) is 0 Å². The third-order valence-corrected chi connectivity index (χ3v) is 15.4. The van der Waals surface area contributed by atoms with Gasteiger partial charge in [-0.3, -0.25) is 0 Å². The van der Waals surface area contributed by atoms with Gasteiger partial charge < -0.3 is 0 Å². The van der Waals surface area contributed by atoms with E-state index in [4.69, 9.17) is 0 Å². The van der Waals surface area contributed by atoms with Crippen molar-refractivity contribution in [2.24, 2.45) is 0 Å². The number of rotatable bonds is 9. The molecular weight excluding hydrogens is 577 g/mol. The monoisotopic (exact) mass is 611 g/mol. The SMILES string of the molecule is [Se]=P(CCc1ccc([B-](c2ccccc2)(c2ccccc2)c2ccccc2)cc1)(c1ccccc1)c1ccccc1. The molecule has 0 aliphatic rings. The van der Waals surface area contributed by atoms with E-state index >= 15 is 0 Å². The van der Waals surface area contributed by atoms with Crippen molar-refractivity contribution < 1.29 is 0 Å². The Hall–Kier alpha value is -3.67. The third kappa shape index (κ3) is 5.49. The van der Waals surface area contributed by atoms with Crippen LogP contribution in [0.1, 0.15) is 5.56 Å². The second-order valence-electron chi connectivity index (χ2n) is 10.7. The van der Waals surface area contributed by atoms with Crippen molar-refractivity contribution in [2.45, 2.75) is 6.42 Å². The Morgan fingerprint density at radius 2 is 0.707 bits per heavy atom. The number of aryl methyl sites for hydroxylation is 1. The first kappa shape index (κ1) is 27.5. The summed E-state index contributed by atoms with van der Waals surface area (Å²) in [6.07, 6.45) is 0.765. The molecular formula is C38H33BPSe-. The Kier molecular flexibility index (Phi) is 8.36. The van der Waals surface area contributed by atoms with Crippen LogP contribution in [0.4, 0.5) is 0 Å². The Morgan fingerprint density at radius 1 is 0.390 bits per heavy atom. The fourth-order valence-corrected chi connectivity index (χ4v) is 11.2. The van der Waals surface area contributed by atoms with Gasteiger partial charge in [-0.2, -0.15) is 0 Å². The minimum absolute atomic E-state index is 1.02. The van der Waals surface area contributed by atoms with Crippen LogP contribution in [-0.4, -0.2) is 27.4 Å². The molecule has 0 aromatic heterocycles. The van der Waals surface area contributed by atoms with Crippen molar-refractivity contribution >= 4 is 59.2 Å². The summed E-state index contributed by atoms with van der Waals surface area (Å²) in [7, 11) is 0. The summed E-state index contributed by atoms with van der Waals surface area (Å²) in [5.41, 5.74) is 5.06. The molecule has 0 radical (unpaired) electrons. The van der Waals surface area contributed by atoms with E-state index in [1.807, 2.05) is 0 Å². The molecule has 0 N–H and O–H groups in total. The van der Waals surface area contributed by atoms with Crippen LogP contribution in [0.2, 0.25) is 0 Å². The maximum absolute atomic E-state index is 3.71. The molecule has 200 valence electrons. The van der Waals surface area contributed by atoms with Crippen LogP contribution in [0.5, 0.6) is 0 Å². The van der Waals surface area contributed by atoms with Gasteiger partial charge in [-0.05, 0) is 0 Å². The van der Waals surface area contributed by atoms with Gasteiger partial charge in [0.25, 0.3) is 0 Å². The molecule has 3 heteroatoms. The third-order valence-electron chi connectivity index (χ3n) is 8.44. The molecule has 0 heterocycles. The van der Waals surface area contributed by atoms with Crippen molar-refractivity contribution in [2.75, 3.05) is 6.16 Å². The van der Waals surface area contributed by atoms with Gasteiger partial charge in [-0.1, -0.05) is 0 Å². The van der Waals surface area contributed by atoms with E-state index in [0.29, 0.717) is 0 Å². The first-order valence-electron chi connectivity index (χ1n) is 14.3. The van der Waals surface area contributed by atoms with E-state index in [9.17, 15) is 0 Å². The van der Waals surface area contributed by atoms with Crippen molar-refractivity contribution in [1.29, 1.82) is 0 Å². The number of hydrogen-bond donors (Lipinski definition) is 0. The van der Waals surface area contributed by atoms with E-state index in [1.165, 1.54) is 38.0 Å². The van der Waals surface area contributed by atoms with Gasteiger partial charge in [0.15, 0.2) is 0 Å². The maximum atomic E-state index is 3.71. The predicted molar refractivity (Wildman–Crippen MR) is 183 cm³/mol. The van der Waals surface area contributed by atoms with Crippen LogP contribution in [0.15, 0.2) is 176 Å². The zero-order valence-corrected chi connectivity index (χ0v) is 25.7. The standard InChI is InChI=1S/C38H33BPSe/c41-40(37-22-12-4-13-23-37,38-24-14-5-15-25-38)31-30-32-26-28-36(29-27-32)39(33-16-6-1-7-17-33,34-18-8-2-9-19-34)35-20-10-3-11-21-35/h1-29H,30-31H2/q-1. The summed E-state index contributed by atoms with van der Waals surface area (Å²) in [5, 5.41) is 2.84. The van der Waals surface area contributed by atoms with Crippen LogP contribution < -0.4 is 32.5 Å². The van der Waals surface area contributed by atoms with E-state index < -0.39 is 11.7 Å². The summed E-state index contributed by atoms with van der Waals surface area (Å²) in [5.74, 6) is 0. The molecule has 41 heavy (non-hydrogen) atoms. The second kappa shape index (κ2) is 12.5. The fourth-order valence-electron chi connectivity index (χ4n) is 6.38. The number of benzene rings is 6. The molecule has 0 aliphatic heterocycles. The first-order chi connectivity index (χ1) is 20.2. The molecule has 0 saturated heterocycles. The normalized spacial score (nSPS) is 11.7. The predicted octanol–water partition coefficient (Wildman–Crippen LogP) is 5.36. The second-order valence-corrected chi connectivity index (χ2v) is 17.6. The fraction of sp³-hybridized carbons (Fsp3) is 0.0526. The Morgan fingerprint density at radius 3 is 1.07 bits per heavy atom. The topological polar surface area (TPSA) is 0 Å². The van der Waals surface area contributed by atoms with Crippen molar-refractivity contribution in [3.05, 3.63) is 181 Å². The molecule has 0 spiro atoms. The van der Waals surface area contributed by atoms with Gasteiger partial charge in [0.05, 0.1) is 0 Å². The Balaban J connectivity index is 1.41. The summed E-state index contributed by atoms with van der Waals surface area (Å²) in [4.78, 5) is 0. The summed E-state index contributed by atoms with van der Waals surface area (Å²) < 4.78 is 0. The Bertz CT molecular complexity index is 1580. The van der Waals surface area contributed by atoms with Crippen LogP contribution >= 0.6 is 5.51 Å². The summed E-state index contributed by atoms with van der Waals surface area (Å²) in [6, 6.07) is 64.6. The molecule has 0 nitrogen and oxygen atoms in total. The van der Waals surface area contributed by atoms with Crippen LogP contribution in [0.3, 0.4) is 0 Å². The van der Waals surface area contributed by atoms with Crippen LogP contribution in [0.25, 0.3) is 0 Å². The molecule has 6 aromatic rings. The average molecular weight is 610 g/mol. The van der Waals surface area contributed by atoms with Crippen molar-refractivity contribution in [1.82, 2.24) is 0 Å². The molecule has 0 atom stereocenters. The van der Waals surface area contributed by atoms with E-state index in [2.05, 4.69) is 191 Å². The molecule has 0 fully saturated rings. The van der Waals surface area contributed by atoms with Gasteiger partial charge in [-0.25, -0.2) is 0 Å². The quantitative estimate of drug-likeness (QED) is 0.153. The molecule has 0 unspecified atom stereocenters. The van der Waals surface area contributed by atoms with Gasteiger partial charge >= 0.3 is 253 Å². The zero-order chi connectivity index (χ0) is 28.0. The number of hydrogen-bond acceptors (Lipinski definition) is 0. The molecule has 6 aromatic carbocycles. The van der Waals surface area contributed by atoms with E-state index in [-0.39, 0.29) is 0 Å². The molecule has 0 bridgehead atoms. The zero-order valence-electron chi connectivity index (χ0n) is 23.1. The minimum atomic E-state index is -1.65. The first-order valence-corrected chi connectivity index (χ1v) is 18.5. The molecule has 0 aliphatic carbocycles. The summed E-state index contributed by atoms with van der Waals surface area (Å²) >= 11 is 3.71. The van der Waals surface area contributed by atoms with Crippen molar-refractivity contribution in [3.8, 4) is 0 Å². The van der Waals surface area contributed by atoms with E-state index in [0.717, 1.165) is 12.6 Å². The van der Waals surface area contributed by atoms with E-state index in [1.54, 1.807) is 0 Å². The van der Waals surface area contributed by atoms with Gasteiger partial charge in [-0.15, -0.1) is 0 Å². The van der Waals surface area contributed by atoms with Crippen LogP contribution in [-0.2, 0) is 6.42 Å². The molecule has 0 saturated carbocycles. The van der Waals surface area contributed by atoms with Gasteiger partial charge in [0.2, 0.25) is 0 Å². The van der Waals surface area contributed by atoms with Crippen LogP contribution in [0, 0.1) is 0 Å². The average Bonchev–Trinajstić information content (AvgIpc) is 3.07. The molecule has 0 amide bonds. The molecule has 6 rings (SSSR count). The summed E-state index contributed by atoms with van der Waals surface area (Å²) in [6.45, 7) is 0. The van der Waals surface area contributed by atoms with Gasteiger partial charge in [0.1, 0.15) is 0 Å².